The Kier molecular flexibility index (Phi) is 3.06. The van der Waals surface area contributed by atoms with Crippen LogP contribution in [0.5, 0.6) is 0 Å². The average Bonchev–Trinajstić information content (AvgIpc) is 2.65. The lowest BCUT2D eigenvalue weighted by Gasteiger charge is -2.24. The molecule has 74 valence electrons. The lowest BCUT2D eigenvalue weighted by molar-refractivity contribution is -0.0198. The normalized spacial score (nSPS) is 15.7. The largest absolute Gasteiger partial charge is 0.445 e. The predicted octanol–water partition coefficient (Wildman–Crippen LogP) is 1.40. The predicted molar refractivity (Wildman–Crippen MR) is 49.0 cm³/mol. The number of aromatic nitrogens is 1. The Hall–Kier alpha value is -0.870. The number of ether oxygens (including phenoxy) is 1. The summed E-state index contributed by atoms with van der Waals surface area (Å²) in [6.45, 7) is 4.38. The number of oxazole rings is 1. The van der Waals surface area contributed by atoms with E-state index in [1.54, 1.807) is 7.11 Å². The lowest BCUT2D eigenvalue weighted by atomic mass is 9.98. The van der Waals surface area contributed by atoms with Gasteiger partial charge in [0.2, 0.25) is 0 Å². The van der Waals surface area contributed by atoms with Crippen LogP contribution in [-0.4, -0.2) is 12.1 Å². The summed E-state index contributed by atoms with van der Waals surface area (Å²) in [6.07, 6.45) is 2.23. The SMILES string of the molecule is CCC(C)(OC)c1ocnc1CN. The molecule has 0 amide bonds. The fourth-order valence-corrected chi connectivity index (χ4v) is 1.24. The Balaban J connectivity index is 3.03. The van der Waals surface area contributed by atoms with Gasteiger partial charge >= 0.3 is 0 Å². The monoisotopic (exact) mass is 184 g/mol. The van der Waals surface area contributed by atoms with Crippen LogP contribution in [0.3, 0.4) is 0 Å². The molecule has 1 unspecified atom stereocenters. The van der Waals surface area contributed by atoms with Gasteiger partial charge in [-0.3, -0.25) is 0 Å². The summed E-state index contributed by atoms with van der Waals surface area (Å²) in [7, 11) is 1.66. The van der Waals surface area contributed by atoms with Crippen LogP contribution >= 0.6 is 0 Å². The van der Waals surface area contributed by atoms with Gasteiger partial charge in [-0.25, -0.2) is 4.98 Å². The Morgan fingerprint density at radius 1 is 1.69 bits per heavy atom. The second-order valence-corrected chi connectivity index (χ2v) is 3.12. The Morgan fingerprint density at radius 3 is 2.85 bits per heavy atom. The third-order valence-corrected chi connectivity index (χ3v) is 2.44. The molecule has 0 aromatic carbocycles. The molecule has 4 nitrogen and oxygen atoms in total. The van der Waals surface area contributed by atoms with E-state index in [-0.39, 0.29) is 0 Å². The van der Waals surface area contributed by atoms with Crippen LogP contribution in [0.1, 0.15) is 31.7 Å². The summed E-state index contributed by atoms with van der Waals surface area (Å²) in [5.41, 5.74) is 5.88. The maximum atomic E-state index is 5.52. The molecule has 2 N–H and O–H groups in total. The van der Waals surface area contributed by atoms with Gasteiger partial charge in [0.15, 0.2) is 12.2 Å². The highest BCUT2D eigenvalue weighted by Crippen LogP contribution is 2.30. The van der Waals surface area contributed by atoms with E-state index < -0.39 is 5.60 Å². The number of nitrogens with two attached hydrogens (primary N) is 1. The minimum atomic E-state index is -0.412. The van der Waals surface area contributed by atoms with Crippen LogP contribution < -0.4 is 5.73 Å². The number of hydrogen-bond acceptors (Lipinski definition) is 4. The van der Waals surface area contributed by atoms with Gasteiger partial charge in [0, 0.05) is 13.7 Å². The smallest absolute Gasteiger partial charge is 0.181 e. The molecule has 0 aliphatic carbocycles. The molecule has 1 heterocycles. The summed E-state index contributed by atoms with van der Waals surface area (Å²) >= 11 is 0. The summed E-state index contributed by atoms with van der Waals surface area (Å²) < 4.78 is 10.7. The van der Waals surface area contributed by atoms with E-state index >= 15 is 0 Å². The van der Waals surface area contributed by atoms with Crippen molar-refractivity contribution in [1.29, 1.82) is 0 Å². The van der Waals surface area contributed by atoms with E-state index in [9.17, 15) is 0 Å². The van der Waals surface area contributed by atoms with Crippen molar-refractivity contribution in [2.45, 2.75) is 32.4 Å². The zero-order valence-electron chi connectivity index (χ0n) is 8.33. The molecule has 0 aliphatic rings. The van der Waals surface area contributed by atoms with Crippen molar-refractivity contribution in [2.75, 3.05) is 7.11 Å². The molecular formula is C9H16N2O2. The molecule has 1 rings (SSSR count). The number of hydrogen-bond donors (Lipinski definition) is 1. The lowest BCUT2D eigenvalue weighted by Crippen LogP contribution is -2.24. The van der Waals surface area contributed by atoms with Crippen molar-refractivity contribution < 1.29 is 9.15 Å². The second-order valence-electron chi connectivity index (χ2n) is 3.12. The molecule has 0 saturated heterocycles. The topological polar surface area (TPSA) is 61.3 Å². The maximum absolute atomic E-state index is 5.52. The highest BCUT2D eigenvalue weighted by molar-refractivity contribution is 5.14. The Bertz CT molecular complexity index is 266. The first-order valence-electron chi connectivity index (χ1n) is 4.36. The van der Waals surface area contributed by atoms with E-state index in [4.69, 9.17) is 14.9 Å². The highest BCUT2D eigenvalue weighted by Gasteiger charge is 2.30. The fraction of sp³-hybridized carbons (Fsp3) is 0.667. The molecule has 1 atom stereocenters. The Morgan fingerprint density at radius 2 is 2.38 bits per heavy atom. The minimum absolute atomic E-state index is 0.380. The molecule has 1 aromatic rings. The minimum Gasteiger partial charge on any atom is -0.445 e. The van der Waals surface area contributed by atoms with E-state index in [2.05, 4.69) is 4.98 Å². The highest BCUT2D eigenvalue weighted by atomic mass is 16.5. The van der Waals surface area contributed by atoms with E-state index in [0.29, 0.717) is 6.54 Å². The maximum Gasteiger partial charge on any atom is 0.181 e. The molecule has 0 saturated carbocycles. The summed E-state index contributed by atoms with van der Waals surface area (Å²) in [6, 6.07) is 0. The van der Waals surface area contributed by atoms with Crippen molar-refractivity contribution in [2.24, 2.45) is 5.73 Å². The third-order valence-electron chi connectivity index (χ3n) is 2.44. The standard InChI is InChI=1S/C9H16N2O2/c1-4-9(2,12-3)8-7(5-10)11-6-13-8/h6H,4-5,10H2,1-3H3. The third kappa shape index (κ3) is 1.73. The number of rotatable bonds is 4. The van der Waals surface area contributed by atoms with Crippen molar-refractivity contribution in [3.63, 3.8) is 0 Å². The van der Waals surface area contributed by atoms with Crippen LogP contribution in [0, 0.1) is 0 Å². The summed E-state index contributed by atoms with van der Waals surface area (Å²) in [5.74, 6) is 0.736. The van der Waals surface area contributed by atoms with Crippen LogP contribution in [0.15, 0.2) is 10.8 Å². The van der Waals surface area contributed by atoms with Crippen molar-refractivity contribution in [3.05, 3.63) is 17.8 Å². The van der Waals surface area contributed by atoms with Crippen LogP contribution in [0.2, 0.25) is 0 Å². The van der Waals surface area contributed by atoms with Gasteiger partial charge in [-0.05, 0) is 13.3 Å². The fourth-order valence-electron chi connectivity index (χ4n) is 1.24. The molecule has 13 heavy (non-hydrogen) atoms. The van der Waals surface area contributed by atoms with Crippen LogP contribution in [-0.2, 0) is 16.9 Å². The van der Waals surface area contributed by atoms with Gasteiger partial charge in [-0.15, -0.1) is 0 Å². The van der Waals surface area contributed by atoms with Crippen LogP contribution in [0.25, 0.3) is 0 Å². The first-order chi connectivity index (χ1) is 6.18. The first kappa shape index (κ1) is 10.2. The molecule has 0 radical (unpaired) electrons. The van der Waals surface area contributed by atoms with Crippen molar-refractivity contribution >= 4 is 0 Å². The van der Waals surface area contributed by atoms with Gasteiger partial charge < -0.3 is 14.9 Å². The van der Waals surface area contributed by atoms with E-state index in [1.807, 2.05) is 13.8 Å². The quantitative estimate of drug-likeness (QED) is 0.768. The van der Waals surface area contributed by atoms with E-state index in [1.165, 1.54) is 6.39 Å². The average molecular weight is 184 g/mol. The van der Waals surface area contributed by atoms with Gasteiger partial charge in [-0.2, -0.15) is 0 Å². The van der Waals surface area contributed by atoms with Crippen molar-refractivity contribution in [3.8, 4) is 0 Å². The summed E-state index contributed by atoms with van der Waals surface area (Å²) in [4.78, 5) is 4.03. The van der Waals surface area contributed by atoms with Crippen molar-refractivity contribution in [1.82, 2.24) is 4.98 Å². The van der Waals surface area contributed by atoms with Gasteiger partial charge in [0.1, 0.15) is 5.60 Å². The molecule has 0 aliphatic heterocycles. The molecule has 0 fully saturated rings. The molecular weight excluding hydrogens is 168 g/mol. The Labute approximate surface area is 78.1 Å². The summed E-state index contributed by atoms with van der Waals surface area (Å²) in [5, 5.41) is 0. The van der Waals surface area contributed by atoms with Gasteiger partial charge in [0.05, 0.1) is 5.69 Å². The zero-order valence-corrected chi connectivity index (χ0v) is 8.33. The van der Waals surface area contributed by atoms with Crippen LogP contribution in [0.4, 0.5) is 0 Å². The van der Waals surface area contributed by atoms with E-state index in [0.717, 1.165) is 17.9 Å². The molecule has 0 spiro atoms. The van der Waals surface area contributed by atoms with Gasteiger partial charge in [0.25, 0.3) is 0 Å². The second kappa shape index (κ2) is 3.89. The van der Waals surface area contributed by atoms with Gasteiger partial charge in [-0.1, -0.05) is 6.92 Å². The molecule has 1 aromatic heterocycles. The zero-order chi connectivity index (χ0) is 9.90. The molecule has 0 bridgehead atoms. The number of nitrogens with zero attached hydrogens (tertiary/aromatic N) is 1. The molecule has 4 heteroatoms. The number of methoxy groups -OCH3 is 1. The first-order valence-corrected chi connectivity index (χ1v) is 4.36.